The minimum absolute atomic E-state index is 0.410. The van der Waals surface area contributed by atoms with E-state index in [-0.39, 0.29) is 0 Å². The lowest BCUT2D eigenvalue weighted by Crippen LogP contribution is -2.12. The van der Waals surface area contributed by atoms with E-state index in [4.69, 9.17) is 20.1 Å². The summed E-state index contributed by atoms with van der Waals surface area (Å²) in [4.78, 5) is 0. The molecule has 0 aliphatic heterocycles. The molecule has 0 atom stereocenters. The summed E-state index contributed by atoms with van der Waals surface area (Å²) >= 11 is -1.62. The molecule has 0 spiro atoms. The summed E-state index contributed by atoms with van der Waals surface area (Å²) in [7, 11) is 10.7. The molecule has 0 aliphatic carbocycles. The quantitative estimate of drug-likeness (QED) is 0.104. The van der Waals surface area contributed by atoms with Gasteiger partial charge >= 0.3 is 12.3 Å². The van der Waals surface area contributed by atoms with Crippen LogP contribution in [0, 0.1) is 0 Å². The van der Waals surface area contributed by atoms with Gasteiger partial charge in [0.05, 0.1) is 0 Å². The molecule has 0 heterocycles. The Hall–Kier alpha value is 1.64. The largest absolute Gasteiger partial charge is 0.519 e. The number of hydrogen-bond acceptors (Lipinski definition) is 0. The number of halogens is 2. The first-order chi connectivity index (χ1) is 14.6. The first kappa shape index (κ1) is 33.8. The molecule has 0 nitrogen and oxygen atoms in total. The zero-order valence-electron chi connectivity index (χ0n) is 21.5. The van der Waals surface area contributed by atoms with E-state index in [9.17, 15) is 0 Å². The fraction of sp³-hybridized carbons (Fsp3) is 1.00. The van der Waals surface area contributed by atoms with Crippen molar-refractivity contribution >= 4 is 46.6 Å². The third-order valence-electron chi connectivity index (χ3n) is 6.21. The Bertz CT molecular complexity index is 250. The molecule has 4 heteroatoms. The molecule has 0 saturated carbocycles. The summed E-state index contributed by atoms with van der Waals surface area (Å²) in [5.74, 6) is 0. The molecule has 0 aromatic carbocycles. The van der Waals surface area contributed by atoms with Crippen LogP contribution in [0.15, 0.2) is 0 Å². The van der Waals surface area contributed by atoms with Gasteiger partial charge < -0.3 is 0 Å². The number of hydrogen-bond donors (Lipinski definition) is 0. The van der Waals surface area contributed by atoms with Crippen LogP contribution < -0.4 is 0 Å². The van der Waals surface area contributed by atoms with Gasteiger partial charge in [-0.25, -0.2) is 20.1 Å². The van der Waals surface area contributed by atoms with Crippen molar-refractivity contribution in [3.63, 3.8) is 0 Å². The van der Waals surface area contributed by atoms with E-state index in [1.54, 1.807) is 35.1 Å². The Morgan fingerprint density at radius 3 is 0.867 bits per heavy atom. The first-order valence-electron chi connectivity index (χ1n) is 13.9. The molecule has 30 heavy (non-hydrogen) atoms. The standard InChI is InChI=1S/3C8H17.C2H5.2Al.2ClH/c3*1-3-5-7-8-6-4-2;1-2;;;;/h3*1,3-8H2,2H3;1H2,2H3;;;2*1H/q;;;;;+2;;/p-2. The van der Waals surface area contributed by atoms with Gasteiger partial charge in [-0.3, -0.25) is 0 Å². The van der Waals surface area contributed by atoms with Crippen LogP contribution >= 0.6 is 20.1 Å². The lowest BCUT2D eigenvalue weighted by atomic mass is 10.1. The lowest BCUT2D eigenvalue weighted by Gasteiger charge is -2.12. The first-order valence-corrected chi connectivity index (χ1v) is 20.7. The van der Waals surface area contributed by atoms with Gasteiger partial charge in [0, 0.05) is 0 Å². The normalized spacial score (nSPS) is 10.6. The van der Waals surface area contributed by atoms with Crippen molar-refractivity contribution in [3.05, 3.63) is 0 Å². The van der Waals surface area contributed by atoms with E-state index in [0.29, 0.717) is 0 Å². The van der Waals surface area contributed by atoms with Crippen molar-refractivity contribution in [1.82, 2.24) is 0 Å². The predicted octanol–water partition coefficient (Wildman–Crippen LogP) is 11.5. The SMILES string of the molecule is CCCCCCC[CH2][Al]([CH2]CCCCCCC)[CH2]CCCCCCC.C[CH2][Al]([Cl])[Cl]. The Kier molecular flexibility index (Phi) is 34.5. The molecule has 0 rings (SSSR count). The molecule has 180 valence electrons. The Morgan fingerprint density at radius 1 is 0.400 bits per heavy atom. The van der Waals surface area contributed by atoms with E-state index in [1.165, 1.54) is 96.3 Å². The summed E-state index contributed by atoms with van der Waals surface area (Å²) in [5.41, 5.74) is 0. The van der Waals surface area contributed by atoms with Crippen LogP contribution in [0.2, 0.25) is 21.1 Å². The maximum Gasteiger partial charge on any atom is 0.519 e. The molecule has 0 bridgehead atoms. The van der Waals surface area contributed by atoms with Crippen LogP contribution in [0.3, 0.4) is 0 Å². The van der Waals surface area contributed by atoms with Gasteiger partial charge in [-0.15, -0.1) is 0 Å². The summed E-state index contributed by atoms with van der Waals surface area (Å²) in [5, 5.41) is 5.96. The third-order valence-corrected chi connectivity index (χ3v) is 12.3. The summed E-state index contributed by atoms with van der Waals surface area (Å²) in [6, 6.07) is 0. The summed E-state index contributed by atoms with van der Waals surface area (Å²) in [6.45, 7) is 8.97. The van der Waals surface area contributed by atoms with Gasteiger partial charge in [0.15, 0.2) is 0 Å². The van der Waals surface area contributed by atoms with Crippen molar-refractivity contribution in [2.45, 2.75) is 164 Å². The average Bonchev–Trinajstić information content (AvgIpc) is 2.75. The van der Waals surface area contributed by atoms with Crippen LogP contribution in [0.4, 0.5) is 0 Å². The van der Waals surface area contributed by atoms with E-state index in [0.717, 1.165) is 5.28 Å². The molecule has 0 N–H and O–H groups in total. The lowest BCUT2D eigenvalue weighted by molar-refractivity contribution is 0.610. The van der Waals surface area contributed by atoms with Gasteiger partial charge in [-0.05, 0) is 0 Å². The van der Waals surface area contributed by atoms with E-state index >= 15 is 0 Å². The van der Waals surface area contributed by atoms with Crippen molar-refractivity contribution < 1.29 is 0 Å². The average molecular weight is 494 g/mol. The second-order valence-electron chi connectivity index (χ2n) is 9.33. The van der Waals surface area contributed by atoms with Gasteiger partial charge in [0.2, 0.25) is 0 Å². The monoisotopic (exact) mass is 492 g/mol. The zero-order valence-corrected chi connectivity index (χ0v) is 25.3. The summed E-state index contributed by atoms with van der Waals surface area (Å²) < 4.78 is 0. The molecular weight excluding hydrogens is 437 g/mol. The highest BCUT2D eigenvalue weighted by Gasteiger charge is 2.15. The Balaban J connectivity index is 0. The predicted molar refractivity (Wildman–Crippen MR) is 148 cm³/mol. The van der Waals surface area contributed by atoms with E-state index < -0.39 is 26.5 Å². The highest BCUT2D eigenvalue weighted by molar-refractivity contribution is 7.33. The second-order valence-corrected chi connectivity index (χ2v) is 18.2. The smallest absolute Gasteiger partial charge is 0.234 e. The Labute approximate surface area is 209 Å². The third kappa shape index (κ3) is 31.8. The van der Waals surface area contributed by atoms with Crippen LogP contribution in [0.25, 0.3) is 0 Å². The van der Waals surface area contributed by atoms with E-state index in [1.807, 2.05) is 6.92 Å². The highest BCUT2D eigenvalue weighted by atomic mass is 35.7. The molecular formula is C26H56Al2Cl2. The molecule has 0 amide bonds. The Morgan fingerprint density at radius 2 is 0.633 bits per heavy atom. The van der Waals surface area contributed by atoms with E-state index in [2.05, 4.69) is 20.8 Å². The molecule has 0 saturated heterocycles. The molecule has 0 aromatic rings. The van der Waals surface area contributed by atoms with Crippen molar-refractivity contribution in [1.29, 1.82) is 0 Å². The molecule has 0 aliphatic rings. The summed E-state index contributed by atoms with van der Waals surface area (Å²) in [6.07, 6.45) is 26.7. The molecule has 0 aromatic heterocycles. The molecule has 0 unspecified atom stereocenters. The van der Waals surface area contributed by atoms with Crippen molar-refractivity contribution in [2.75, 3.05) is 0 Å². The zero-order chi connectivity index (χ0) is 22.7. The maximum atomic E-state index is 5.37. The van der Waals surface area contributed by atoms with Gasteiger partial charge in [0.1, 0.15) is 0 Å². The van der Waals surface area contributed by atoms with Crippen molar-refractivity contribution in [3.8, 4) is 0 Å². The second kappa shape index (κ2) is 30.6. The van der Waals surface area contributed by atoms with Crippen LogP contribution in [0.1, 0.15) is 143 Å². The highest BCUT2D eigenvalue weighted by Crippen LogP contribution is 2.20. The van der Waals surface area contributed by atoms with Gasteiger partial charge in [0.25, 0.3) is 14.1 Å². The minimum atomic E-state index is -1.21. The van der Waals surface area contributed by atoms with Crippen LogP contribution in [-0.4, -0.2) is 26.5 Å². The van der Waals surface area contributed by atoms with Crippen molar-refractivity contribution in [2.24, 2.45) is 0 Å². The van der Waals surface area contributed by atoms with Gasteiger partial charge in [-0.1, -0.05) is 164 Å². The minimum Gasteiger partial charge on any atom is -0.234 e. The fourth-order valence-electron chi connectivity index (χ4n) is 4.07. The fourth-order valence-corrected chi connectivity index (χ4v) is 7.54. The van der Waals surface area contributed by atoms with Crippen LogP contribution in [0.5, 0.6) is 0 Å². The van der Waals surface area contributed by atoms with Gasteiger partial charge in [-0.2, -0.15) is 0 Å². The topological polar surface area (TPSA) is 0 Å². The molecule has 0 fully saturated rings. The number of rotatable bonds is 22. The van der Waals surface area contributed by atoms with Crippen LogP contribution in [-0.2, 0) is 0 Å². The number of unbranched alkanes of at least 4 members (excludes halogenated alkanes) is 15. The maximum absolute atomic E-state index is 5.37. The molecule has 0 radical (unpaired) electrons.